The Kier molecular flexibility index (Phi) is 2.66. The summed E-state index contributed by atoms with van der Waals surface area (Å²) in [7, 11) is 0. The summed E-state index contributed by atoms with van der Waals surface area (Å²) in [5.74, 6) is 0.00796. The Morgan fingerprint density at radius 3 is 2.64 bits per heavy atom. The molecule has 0 amide bonds. The van der Waals surface area contributed by atoms with Crippen molar-refractivity contribution >= 4 is 17.3 Å². The summed E-state index contributed by atoms with van der Waals surface area (Å²) in [6.45, 7) is 1.80. The van der Waals surface area contributed by atoms with Crippen LogP contribution in [-0.4, -0.2) is 10.9 Å². The zero-order valence-corrected chi connectivity index (χ0v) is 7.65. The molecule has 0 aliphatic rings. The van der Waals surface area contributed by atoms with E-state index in [1.54, 1.807) is 13.0 Å². The number of nitrogens with two attached hydrogens (primary N) is 2. The molecule has 5 N–H and O–H groups in total. The summed E-state index contributed by atoms with van der Waals surface area (Å²) >= 11 is 0. The van der Waals surface area contributed by atoms with Crippen LogP contribution in [0.2, 0.25) is 0 Å². The van der Waals surface area contributed by atoms with Crippen LogP contribution >= 0.6 is 0 Å². The number of non-ortho nitro benzene ring substituents is 1. The maximum Gasteiger partial charge on any atom is 0.343 e. The minimum absolute atomic E-state index is 0.000602. The number of nitro groups is 1. The molecule has 0 bridgehead atoms. The van der Waals surface area contributed by atoms with Gasteiger partial charge in [0, 0.05) is 6.07 Å². The quantitative estimate of drug-likeness (QED) is 0.240. The van der Waals surface area contributed by atoms with Gasteiger partial charge in [0.15, 0.2) is 0 Å². The first-order valence-corrected chi connectivity index (χ1v) is 3.90. The molecule has 74 valence electrons. The van der Waals surface area contributed by atoms with Crippen LogP contribution in [0.15, 0.2) is 18.2 Å². The average Bonchev–Trinajstić information content (AvgIpc) is 2.07. The molecule has 0 heterocycles. The van der Waals surface area contributed by atoms with Crippen molar-refractivity contribution in [1.82, 2.24) is 0 Å². The van der Waals surface area contributed by atoms with Gasteiger partial charge in [-0.1, -0.05) is 0 Å². The van der Waals surface area contributed by atoms with Gasteiger partial charge in [-0.15, -0.1) is 0 Å². The molecule has 0 saturated carbocycles. The standard InChI is InChI=1S/C8H10N4O2/c1-5-2-3-6(12(13)14)4-7(5)11-8(9)10/h2-4H,1H3,(H4,9,10,11)/p+1. The Hall–Kier alpha value is -2.11. The molecule has 0 fully saturated rings. The molecule has 14 heavy (non-hydrogen) atoms. The van der Waals surface area contributed by atoms with Gasteiger partial charge < -0.3 is 0 Å². The zero-order chi connectivity index (χ0) is 10.7. The molecule has 0 aromatic heterocycles. The second-order valence-corrected chi connectivity index (χ2v) is 2.84. The van der Waals surface area contributed by atoms with Crippen molar-refractivity contribution in [2.45, 2.75) is 6.92 Å². The maximum absolute atomic E-state index is 10.5. The normalized spacial score (nSPS) is 9.50. The van der Waals surface area contributed by atoms with Crippen LogP contribution in [0.25, 0.3) is 0 Å². The molecular weight excluding hydrogens is 184 g/mol. The Bertz CT molecular complexity index is 396. The van der Waals surface area contributed by atoms with Gasteiger partial charge in [-0.2, -0.15) is 0 Å². The second-order valence-electron chi connectivity index (χ2n) is 2.84. The summed E-state index contributed by atoms with van der Waals surface area (Å²) in [4.78, 5) is 12.6. The molecule has 0 aliphatic heterocycles. The Morgan fingerprint density at radius 2 is 2.14 bits per heavy atom. The van der Waals surface area contributed by atoms with E-state index in [2.05, 4.69) is 4.99 Å². The molecule has 0 saturated heterocycles. The first-order chi connectivity index (χ1) is 6.50. The van der Waals surface area contributed by atoms with E-state index in [-0.39, 0.29) is 11.6 Å². The minimum atomic E-state index is -0.475. The number of nitro benzene ring substituents is 1. The Morgan fingerprint density at radius 1 is 1.50 bits per heavy atom. The molecular formula is C8H11N4O2+. The van der Waals surface area contributed by atoms with Gasteiger partial charge in [-0.3, -0.25) is 21.6 Å². The third kappa shape index (κ3) is 2.19. The monoisotopic (exact) mass is 195 g/mol. The van der Waals surface area contributed by atoms with Crippen LogP contribution in [0, 0.1) is 17.0 Å². The molecule has 0 unspecified atom stereocenters. The smallest absolute Gasteiger partial charge is 0.291 e. The number of benzene rings is 1. The lowest BCUT2D eigenvalue weighted by atomic mass is 10.2. The Balaban J connectivity index is 3.22. The highest BCUT2D eigenvalue weighted by Gasteiger charge is 2.08. The summed E-state index contributed by atoms with van der Waals surface area (Å²) in [6, 6.07) is 4.44. The third-order valence-electron chi connectivity index (χ3n) is 1.71. The predicted octanol–water partition coefficient (Wildman–Crippen LogP) is -1.11. The van der Waals surface area contributed by atoms with E-state index in [9.17, 15) is 10.1 Å². The van der Waals surface area contributed by atoms with Crippen LogP contribution in [0.4, 0.5) is 11.4 Å². The molecule has 0 aliphatic carbocycles. The SMILES string of the molecule is Cc1ccc([N+](=O)[O-])cc1[NH+]=C(N)N. The van der Waals surface area contributed by atoms with Gasteiger partial charge in [-0.25, -0.2) is 4.99 Å². The van der Waals surface area contributed by atoms with Gasteiger partial charge >= 0.3 is 5.96 Å². The van der Waals surface area contributed by atoms with Crippen molar-refractivity contribution in [1.29, 1.82) is 0 Å². The van der Waals surface area contributed by atoms with Gasteiger partial charge in [0.1, 0.15) is 5.69 Å². The lowest BCUT2D eigenvalue weighted by molar-refractivity contribution is -0.387. The number of guanidine groups is 1. The number of rotatable bonds is 2. The molecule has 0 spiro atoms. The van der Waals surface area contributed by atoms with Gasteiger partial charge in [-0.05, 0) is 18.6 Å². The lowest BCUT2D eigenvalue weighted by Crippen LogP contribution is -2.72. The van der Waals surface area contributed by atoms with E-state index in [1.165, 1.54) is 12.1 Å². The first kappa shape index (κ1) is 9.97. The van der Waals surface area contributed by atoms with Crippen molar-refractivity contribution in [3.63, 3.8) is 0 Å². The Labute approximate surface area is 80.4 Å². The second kappa shape index (κ2) is 3.73. The van der Waals surface area contributed by atoms with Crippen LogP contribution in [0.3, 0.4) is 0 Å². The summed E-state index contributed by atoms with van der Waals surface area (Å²) in [6.07, 6.45) is 0. The van der Waals surface area contributed by atoms with Crippen molar-refractivity contribution in [3.05, 3.63) is 33.9 Å². The largest absolute Gasteiger partial charge is 0.343 e. The fourth-order valence-corrected chi connectivity index (χ4v) is 1.01. The molecule has 6 nitrogen and oxygen atoms in total. The minimum Gasteiger partial charge on any atom is -0.291 e. The topological polar surface area (TPSA) is 109 Å². The van der Waals surface area contributed by atoms with Crippen molar-refractivity contribution in [3.8, 4) is 0 Å². The summed E-state index contributed by atoms with van der Waals surface area (Å²) in [5.41, 5.74) is 11.8. The van der Waals surface area contributed by atoms with Gasteiger partial charge in [0.25, 0.3) is 5.69 Å². The van der Waals surface area contributed by atoms with E-state index in [0.29, 0.717) is 5.69 Å². The number of hydrogen-bond donors (Lipinski definition) is 3. The van der Waals surface area contributed by atoms with Gasteiger partial charge in [0.05, 0.1) is 11.0 Å². The highest BCUT2D eigenvalue weighted by atomic mass is 16.6. The zero-order valence-electron chi connectivity index (χ0n) is 7.65. The van der Waals surface area contributed by atoms with Crippen LogP contribution in [-0.2, 0) is 0 Å². The van der Waals surface area contributed by atoms with Crippen molar-refractivity contribution < 1.29 is 9.92 Å². The van der Waals surface area contributed by atoms with E-state index >= 15 is 0 Å². The third-order valence-corrected chi connectivity index (χ3v) is 1.71. The average molecular weight is 195 g/mol. The molecule has 1 aromatic rings. The van der Waals surface area contributed by atoms with Gasteiger partial charge in [0.2, 0.25) is 0 Å². The van der Waals surface area contributed by atoms with Crippen molar-refractivity contribution in [2.24, 2.45) is 11.5 Å². The maximum atomic E-state index is 10.5. The van der Waals surface area contributed by atoms with Crippen LogP contribution < -0.4 is 16.5 Å². The van der Waals surface area contributed by atoms with Crippen molar-refractivity contribution in [2.75, 3.05) is 0 Å². The summed E-state index contributed by atoms with van der Waals surface area (Å²) < 4.78 is 0. The van der Waals surface area contributed by atoms with E-state index in [1.807, 2.05) is 0 Å². The highest BCUT2D eigenvalue weighted by molar-refractivity contribution is 5.70. The first-order valence-electron chi connectivity index (χ1n) is 3.90. The van der Waals surface area contributed by atoms with Crippen LogP contribution in [0.5, 0.6) is 0 Å². The van der Waals surface area contributed by atoms with E-state index in [0.717, 1.165) is 5.56 Å². The highest BCUT2D eigenvalue weighted by Crippen LogP contribution is 2.17. The number of aryl methyl sites for hydroxylation is 1. The molecule has 6 heteroatoms. The molecule has 0 radical (unpaired) electrons. The number of hydrogen-bond acceptors (Lipinski definition) is 2. The van der Waals surface area contributed by atoms with E-state index < -0.39 is 4.92 Å². The predicted molar refractivity (Wildman–Crippen MR) is 51.8 cm³/mol. The fraction of sp³-hybridized carbons (Fsp3) is 0.125. The fourth-order valence-electron chi connectivity index (χ4n) is 1.01. The number of nitrogens with zero attached hydrogens (tertiary/aromatic N) is 1. The molecule has 0 atom stereocenters. The summed E-state index contributed by atoms with van der Waals surface area (Å²) in [5, 5.41) is 10.5. The van der Waals surface area contributed by atoms with Crippen LogP contribution in [0.1, 0.15) is 5.56 Å². The lowest BCUT2D eigenvalue weighted by Gasteiger charge is -1.98. The molecule has 1 aromatic carbocycles. The molecule has 1 rings (SSSR count). The number of nitrogens with one attached hydrogen (secondary N) is 1. The van der Waals surface area contributed by atoms with E-state index in [4.69, 9.17) is 11.5 Å².